The quantitative estimate of drug-likeness (QED) is 0.916. The molecule has 0 aliphatic carbocycles. The third-order valence-corrected chi connectivity index (χ3v) is 4.50. The van der Waals surface area contributed by atoms with Crippen molar-refractivity contribution in [3.63, 3.8) is 0 Å². The fourth-order valence-corrected chi connectivity index (χ4v) is 3.25. The number of nitrogens with two attached hydrogens (primary N) is 1. The van der Waals surface area contributed by atoms with Gasteiger partial charge in [0.2, 0.25) is 0 Å². The zero-order valence-electron chi connectivity index (χ0n) is 12.8. The van der Waals surface area contributed by atoms with Gasteiger partial charge in [-0.1, -0.05) is 55.0 Å². The summed E-state index contributed by atoms with van der Waals surface area (Å²) in [5.74, 6) is 0.956. The Bertz CT molecular complexity index is 623. The standard InChI is InChI=1S/C19H23NO/c1-3-19(12-15-7-5-4-6-8-15)13-17(20)16-11-14(2)9-10-18(16)21-19/h4-11,17H,3,12-13,20H2,1-2H3/t17-,19?/m1/s1. The predicted octanol–water partition coefficient (Wildman–Crippen LogP) is 4.17. The van der Waals surface area contributed by atoms with Gasteiger partial charge in [-0.25, -0.2) is 0 Å². The number of fused-ring (bicyclic) bond motifs is 1. The molecule has 0 saturated carbocycles. The van der Waals surface area contributed by atoms with Crippen LogP contribution in [0, 0.1) is 6.92 Å². The van der Waals surface area contributed by atoms with Crippen LogP contribution < -0.4 is 10.5 Å². The fourth-order valence-electron chi connectivity index (χ4n) is 3.25. The summed E-state index contributed by atoms with van der Waals surface area (Å²) in [5.41, 5.74) is 9.94. The number of rotatable bonds is 3. The van der Waals surface area contributed by atoms with Crippen LogP contribution in [0.4, 0.5) is 0 Å². The molecule has 2 atom stereocenters. The van der Waals surface area contributed by atoms with E-state index in [2.05, 4.69) is 56.3 Å². The third-order valence-electron chi connectivity index (χ3n) is 4.50. The van der Waals surface area contributed by atoms with Gasteiger partial charge in [0.05, 0.1) is 0 Å². The van der Waals surface area contributed by atoms with Gasteiger partial charge in [0, 0.05) is 24.4 Å². The van der Waals surface area contributed by atoms with Crippen molar-refractivity contribution in [3.05, 3.63) is 65.2 Å². The van der Waals surface area contributed by atoms with Crippen LogP contribution in [0.15, 0.2) is 48.5 Å². The van der Waals surface area contributed by atoms with Crippen molar-refractivity contribution in [2.45, 2.75) is 44.8 Å². The number of hydrogen-bond acceptors (Lipinski definition) is 2. The molecular formula is C19H23NO. The molecule has 1 aliphatic heterocycles. The van der Waals surface area contributed by atoms with Gasteiger partial charge in [0.15, 0.2) is 0 Å². The minimum Gasteiger partial charge on any atom is -0.487 e. The number of benzene rings is 2. The summed E-state index contributed by atoms with van der Waals surface area (Å²) in [6.45, 7) is 4.29. The summed E-state index contributed by atoms with van der Waals surface area (Å²) in [5, 5.41) is 0. The lowest BCUT2D eigenvalue weighted by atomic mass is 9.81. The first-order valence-electron chi connectivity index (χ1n) is 7.71. The van der Waals surface area contributed by atoms with Crippen LogP contribution in [-0.2, 0) is 6.42 Å². The van der Waals surface area contributed by atoms with Crippen LogP contribution in [0.25, 0.3) is 0 Å². The minimum absolute atomic E-state index is 0.0531. The molecule has 2 N–H and O–H groups in total. The third kappa shape index (κ3) is 2.81. The van der Waals surface area contributed by atoms with Gasteiger partial charge in [-0.15, -0.1) is 0 Å². The molecule has 2 nitrogen and oxygen atoms in total. The average molecular weight is 281 g/mol. The van der Waals surface area contributed by atoms with E-state index in [1.54, 1.807) is 0 Å². The van der Waals surface area contributed by atoms with Crippen molar-refractivity contribution in [2.75, 3.05) is 0 Å². The second kappa shape index (κ2) is 5.53. The summed E-state index contributed by atoms with van der Waals surface area (Å²) >= 11 is 0. The molecule has 0 spiro atoms. The predicted molar refractivity (Wildman–Crippen MR) is 86.5 cm³/mol. The highest BCUT2D eigenvalue weighted by Gasteiger charge is 2.38. The smallest absolute Gasteiger partial charge is 0.124 e. The lowest BCUT2D eigenvalue weighted by Gasteiger charge is -2.41. The second-order valence-electron chi connectivity index (χ2n) is 6.15. The van der Waals surface area contributed by atoms with E-state index in [0.29, 0.717) is 0 Å². The zero-order valence-corrected chi connectivity index (χ0v) is 12.8. The van der Waals surface area contributed by atoms with Gasteiger partial charge in [0.25, 0.3) is 0 Å². The zero-order chi connectivity index (χ0) is 14.9. The van der Waals surface area contributed by atoms with Gasteiger partial charge in [0.1, 0.15) is 11.4 Å². The van der Waals surface area contributed by atoms with Crippen molar-refractivity contribution < 1.29 is 4.74 Å². The Morgan fingerprint density at radius 2 is 1.95 bits per heavy atom. The number of hydrogen-bond donors (Lipinski definition) is 1. The molecular weight excluding hydrogens is 258 g/mol. The average Bonchev–Trinajstić information content (AvgIpc) is 2.49. The maximum atomic E-state index is 6.44. The Morgan fingerprint density at radius 3 is 2.67 bits per heavy atom. The summed E-state index contributed by atoms with van der Waals surface area (Å²) in [6.07, 6.45) is 2.74. The molecule has 0 bridgehead atoms. The lowest BCUT2D eigenvalue weighted by molar-refractivity contribution is 0.0321. The second-order valence-corrected chi connectivity index (χ2v) is 6.15. The number of ether oxygens (including phenoxy) is 1. The molecule has 2 aromatic carbocycles. The van der Waals surface area contributed by atoms with E-state index in [1.807, 2.05) is 6.07 Å². The van der Waals surface area contributed by atoms with E-state index >= 15 is 0 Å². The molecule has 0 aromatic heterocycles. The summed E-state index contributed by atoms with van der Waals surface area (Å²) in [4.78, 5) is 0. The van der Waals surface area contributed by atoms with Crippen molar-refractivity contribution in [3.8, 4) is 5.75 Å². The molecule has 0 radical (unpaired) electrons. The van der Waals surface area contributed by atoms with Crippen LogP contribution in [-0.4, -0.2) is 5.60 Å². The summed E-state index contributed by atoms with van der Waals surface area (Å²) in [6, 6.07) is 16.9. The molecule has 1 unspecified atom stereocenters. The molecule has 3 rings (SSSR count). The van der Waals surface area contributed by atoms with Gasteiger partial charge in [-0.3, -0.25) is 0 Å². The van der Waals surface area contributed by atoms with E-state index in [1.165, 1.54) is 11.1 Å². The molecule has 0 saturated heterocycles. The highest BCUT2D eigenvalue weighted by Crippen LogP contribution is 2.41. The SMILES string of the molecule is CCC1(Cc2ccccc2)C[C@@H](N)c2cc(C)ccc2O1. The van der Waals surface area contributed by atoms with E-state index < -0.39 is 0 Å². The Kier molecular flexibility index (Phi) is 3.73. The van der Waals surface area contributed by atoms with E-state index in [4.69, 9.17) is 10.5 Å². The summed E-state index contributed by atoms with van der Waals surface area (Å²) < 4.78 is 6.42. The van der Waals surface area contributed by atoms with Crippen molar-refractivity contribution >= 4 is 0 Å². The number of aryl methyl sites for hydroxylation is 1. The van der Waals surface area contributed by atoms with Crippen LogP contribution in [0.3, 0.4) is 0 Å². The Balaban J connectivity index is 1.92. The molecule has 1 aliphatic rings. The topological polar surface area (TPSA) is 35.2 Å². The first kappa shape index (κ1) is 14.2. The van der Waals surface area contributed by atoms with E-state index in [9.17, 15) is 0 Å². The Labute approximate surface area is 126 Å². The van der Waals surface area contributed by atoms with Crippen LogP contribution >= 0.6 is 0 Å². The first-order valence-corrected chi connectivity index (χ1v) is 7.71. The van der Waals surface area contributed by atoms with Gasteiger partial charge in [-0.05, 0) is 25.0 Å². The molecule has 21 heavy (non-hydrogen) atoms. The van der Waals surface area contributed by atoms with Gasteiger partial charge < -0.3 is 10.5 Å². The normalized spacial score (nSPS) is 24.2. The summed E-state index contributed by atoms with van der Waals surface area (Å²) in [7, 11) is 0. The van der Waals surface area contributed by atoms with Crippen LogP contribution in [0.1, 0.15) is 42.5 Å². The highest BCUT2D eigenvalue weighted by molar-refractivity contribution is 5.42. The van der Waals surface area contributed by atoms with Gasteiger partial charge >= 0.3 is 0 Å². The molecule has 2 aromatic rings. The van der Waals surface area contributed by atoms with Crippen molar-refractivity contribution in [2.24, 2.45) is 5.73 Å². The molecule has 2 heteroatoms. The van der Waals surface area contributed by atoms with E-state index in [-0.39, 0.29) is 11.6 Å². The maximum Gasteiger partial charge on any atom is 0.124 e. The molecule has 110 valence electrons. The highest BCUT2D eigenvalue weighted by atomic mass is 16.5. The minimum atomic E-state index is -0.191. The van der Waals surface area contributed by atoms with Crippen molar-refractivity contribution in [1.29, 1.82) is 0 Å². The maximum absolute atomic E-state index is 6.44. The lowest BCUT2D eigenvalue weighted by Crippen LogP contribution is -2.44. The van der Waals surface area contributed by atoms with E-state index in [0.717, 1.165) is 30.6 Å². The van der Waals surface area contributed by atoms with Crippen molar-refractivity contribution in [1.82, 2.24) is 0 Å². The van der Waals surface area contributed by atoms with Crippen LogP contribution in [0.2, 0.25) is 0 Å². The van der Waals surface area contributed by atoms with Gasteiger partial charge in [-0.2, -0.15) is 0 Å². The monoisotopic (exact) mass is 281 g/mol. The Morgan fingerprint density at radius 1 is 1.19 bits per heavy atom. The first-order chi connectivity index (χ1) is 10.1. The Hall–Kier alpha value is -1.80. The fraction of sp³-hybridized carbons (Fsp3) is 0.368. The van der Waals surface area contributed by atoms with Crippen LogP contribution in [0.5, 0.6) is 5.75 Å². The molecule has 1 heterocycles. The largest absolute Gasteiger partial charge is 0.487 e. The molecule has 0 fully saturated rings. The molecule has 0 amide bonds.